The molecule has 0 saturated carbocycles. The van der Waals surface area contributed by atoms with Gasteiger partial charge in [-0.15, -0.1) is 0 Å². The lowest BCUT2D eigenvalue weighted by atomic mass is 10.1. The molecule has 3 heteroatoms. The molecule has 0 spiro atoms. The Bertz CT molecular complexity index is 328. The van der Waals surface area contributed by atoms with Gasteiger partial charge in [0.05, 0.1) is 12.6 Å². The van der Waals surface area contributed by atoms with Gasteiger partial charge in [-0.05, 0) is 37.1 Å². The van der Waals surface area contributed by atoms with Gasteiger partial charge in [-0.2, -0.15) is 0 Å². The van der Waals surface area contributed by atoms with E-state index < -0.39 is 0 Å². The number of hydrogen-bond acceptors (Lipinski definition) is 2. The standard InChI is InChI=1S/C13H20BrNO/c1-4-7-15-13(9-16-3)11-6-5-10(2)8-12(11)14/h5-6,8,13,15H,4,7,9H2,1-3H3. The zero-order chi connectivity index (χ0) is 12.0. The molecule has 0 radical (unpaired) electrons. The third-order valence-corrected chi connectivity index (χ3v) is 3.19. The molecule has 1 aromatic carbocycles. The van der Waals surface area contributed by atoms with E-state index in [9.17, 15) is 0 Å². The first kappa shape index (κ1) is 13.7. The third kappa shape index (κ3) is 3.89. The smallest absolute Gasteiger partial charge is 0.0658 e. The van der Waals surface area contributed by atoms with Crippen LogP contribution in [0.4, 0.5) is 0 Å². The van der Waals surface area contributed by atoms with Crippen LogP contribution >= 0.6 is 15.9 Å². The Morgan fingerprint density at radius 2 is 2.19 bits per heavy atom. The molecule has 16 heavy (non-hydrogen) atoms. The Balaban J connectivity index is 2.82. The first-order valence-corrected chi connectivity index (χ1v) is 6.46. The van der Waals surface area contributed by atoms with E-state index in [2.05, 4.69) is 53.3 Å². The first-order chi connectivity index (χ1) is 7.69. The molecule has 0 bridgehead atoms. The molecule has 1 aromatic rings. The molecule has 0 aliphatic rings. The quantitative estimate of drug-likeness (QED) is 0.865. The maximum absolute atomic E-state index is 5.26. The molecule has 1 atom stereocenters. The summed E-state index contributed by atoms with van der Waals surface area (Å²) in [6, 6.07) is 6.70. The van der Waals surface area contributed by atoms with Crippen molar-refractivity contribution in [2.24, 2.45) is 0 Å². The molecular weight excluding hydrogens is 266 g/mol. The van der Waals surface area contributed by atoms with Crippen molar-refractivity contribution in [3.05, 3.63) is 33.8 Å². The molecule has 1 N–H and O–H groups in total. The fourth-order valence-electron chi connectivity index (χ4n) is 1.66. The molecule has 90 valence electrons. The molecule has 2 nitrogen and oxygen atoms in total. The van der Waals surface area contributed by atoms with Crippen molar-refractivity contribution in [3.8, 4) is 0 Å². The lowest BCUT2D eigenvalue weighted by Crippen LogP contribution is -2.26. The first-order valence-electron chi connectivity index (χ1n) is 5.67. The van der Waals surface area contributed by atoms with Gasteiger partial charge in [-0.3, -0.25) is 0 Å². The Kier molecular flexibility index (Phi) is 6.03. The highest BCUT2D eigenvalue weighted by Gasteiger charge is 2.13. The normalized spacial score (nSPS) is 12.8. The fraction of sp³-hybridized carbons (Fsp3) is 0.538. The maximum Gasteiger partial charge on any atom is 0.0658 e. The van der Waals surface area contributed by atoms with Crippen LogP contribution in [-0.4, -0.2) is 20.3 Å². The lowest BCUT2D eigenvalue weighted by molar-refractivity contribution is 0.167. The average Bonchev–Trinajstić information content (AvgIpc) is 2.25. The van der Waals surface area contributed by atoms with Crippen LogP contribution in [0.1, 0.15) is 30.5 Å². The highest BCUT2D eigenvalue weighted by molar-refractivity contribution is 9.10. The van der Waals surface area contributed by atoms with E-state index in [1.54, 1.807) is 7.11 Å². The highest BCUT2D eigenvalue weighted by atomic mass is 79.9. The van der Waals surface area contributed by atoms with Gasteiger partial charge in [0.2, 0.25) is 0 Å². The summed E-state index contributed by atoms with van der Waals surface area (Å²) in [6.45, 7) is 5.97. The monoisotopic (exact) mass is 285 g/mol. The van der Waals surface area contributed by atoms with Crippen molar-refractivity contribution in [2.75, 3.05) is 20.3 Å². The number of methoxy groups -OCH3 is 1. The number of rotatable bonds is 6. The molecule has 0 aliphatic carbocycles. The fourth-order valence-corrected chi connectivity index (χ4v) is 2.43. The van der Waals surface area contributed by atoms with Crippen molar-refractivity contribution in [2.45, 2.75) is 26.3 Å². The molecule has 1 rings (SSSR count). The molecule has 0 aliphatic heterocycles. The van der Waals surface area contributed by atoms with Gasteiger partial charge in [0.1, 0.15) is 0 Å². The largest absolute Gasteiger partial charge is 0.383 e. The SMILES string of the molecule is CCCNC(COC)c1ccc(C)cc1Br. The van der Waals surface area contributed by atoms with E-state index >= 15 is 0 Å². The molecule has 0 aromatic heterocycles. The van der Waals surface area contributed by atoms with Crippen molar-refractivity contribution in [3.63, 3.8) is 0 Å². The van der Waals surface area contributed by atoms with Crippen LogP contribution in [0.15, 0.2) is 22.7 Å². The summed E-state index contributed by atoms with van der Waals surface area (Å²) in [5.74, 6) is 0. The van der Waals surface area contributed by atoms with Gasteiger partial charge in [0, 0.05) is 11.6 Å². The van der Waals surface area contributed by atoms with Crippen LogP contribution < -0.4 is 5.32 Å². The molecule has 1 unspecified atom stereocenters. The second-order valence-electron chi connectivity index (χ2n) is 3.99. The predicted octanol–water partition coefficient (Wildman–Crippen LogP) is 3.44. The summed E-state index contributed by atoms with van der Waals surface area (Å²) in [5.41, 5.74) is 2.53. The van der Waals surface area contributed by atoms with Gasteiger partial charge >= 0.3 is 0 Å². The number of nitrogens with one attached hydrogen (secondary N) is 1. The number of ether oxygens (including phenoxy) is 1. The Hall–Kier alpha value is -0.380. The van der Waals surface area contributed by atoms with E-state index in [-0.39, 0.29) is 6.04 Å². The zero-order valence-electron chi connectivity index (χ0n) is 10.2. The second kappa shape index (κ2) is 7.05. The van der Waals surface area contributed by atoms with Crippen LogP contribution in [-0.2, 0) is 4.74 Å². The topological polar surface area (TPSA) is 21.3 Å². The Morgan fingerprint density at radius 3 is 2.75 bits per heavy atom. The van der Waals surface area contributed by atoms with Gasteiger partial charge in [-0.1, -0.05) is 35.0 Å². The second-order valence-corrected chi connectivity index (χ2v) is 4.84. The van der Waals surface area contributed by atoms with Crippen molar-refractivity contribution in [1.29, 1.82) is 0 Å². The highest BCUT2D eigenvalue weighted by Crippen LogP contribution is 2.24. The Labute approximate surface area is 107 Å². The van der Waals surface area contributed by atoms with Crippen LogP contribution in [0.2, 0.25) is 0 Å². The van der Waals surface area contributed by atoms with E-state index in [1.807, 2.05) is 0 Å². The molecule has 0 heterocycles. The van der Waals surface area contributed by atoms with Crippen molar-refractivity contribution < 1.29 is 4.74 Å². The molecular formula is C13H20BrNO. The summed E-state index contributed by atoms with van der Waals surface area (Å²) in [4.78, 5) is 0. The summed E-state index contributed by atoms with van der Waals surface area (Å²) in [6.07, 6.45) is 1.13. The van der Waals surface area contributed by atoms with E-state index in [0.717, 1.165) is 17.4 Å². The number of benzene rings is 1. The minimum atomic E-state index is 0.264. The Morgan fingerprint density at radius 1 is 1.44 bits per heavy atom. The van der Waals surface area contributed by atoms with Crippen LogP contribution in [0.25, 0.3) is 0 Å². The van der Waals surface area contributed by atoms with E-state index in [0.29, 0.717) is 6.61 Å². The summed E-state index contributed by atoms with van der Waals surface area (Å²) >= 11 is 3.61. The van der Waals surface area contributed by atoms with Crippen LogP contribution in [0, 0.1) is 6.92 Å². The summed E-state index contributed by atoms with van der Waals surface area (Å²) < 4.78 is 6.41. The van der Waals surface area contributed by atoms with Crippen LogP contribution in [0.5, 0.6) is 0 Å². The van der Waals surface area contributed by atoms with Crippen LogP contribution in [0.3, 0.4) is 0 Å². The molecule has 0 fully saturated rings. The van der Waals surface area contributed by atoms with Gasteiger partial charge in [-0.25, -0.2) is 0 Å². The van der Waals surface area contributed by atoms with Gasteiger partial charge in [0.25, 0.3) is 0 Å². The maximum atomic E-state index is 5.26. The lowest BCUT2D eigenvalue weighted by Gasteiger charge is -2.19. The van der Waals surface area contributed by atoms with Gasteiger partial charge in [0.15, 0.2) is 0 Å². The number of halogens is 1. The minimum absolute atomic E-state index is 0.264. The van der Waals surface area contributed by atoms with E-state index in [4.69, 9.17) is 4.74 Å². The molecule has 0 amide bonds. The van der Waals surface area contributed by atoms with E-state index in [1.165, 1.54) is 11.1 Å². The number of aryl methyl sites for hydroxylation is 1. The van der Waals surface area contributed by atoms with Crippen molar-refractivity contribution >= 4 is 15.9 Å². The minimum Gasteiger partial charge on any atom is -0.383 e. The van der Waals surface area contributed by atoms with Crippen molar-refractivity contribution in [1.82, 2.24) is 5.32 Å². The summed E-state index contributed by atoms with van der Waals surface area (Å²) in [5, 5.41) is 3.49. The predicted molar refractivity (Wildman–Crippen MR) is 71.8 cm³/mol. The molecule has 0 saturated heterocycles. The zero-order valence-corrected chi connectivity index (χ0v) is 11.8. The van der Waals surface area contributed by atoms with Gasteiger partial charge < -0.3 is 10.1 Å². The summed E-state index contributed by atoms with van der Waals surface area (Å²) in [7, 11) is 1.74. The third-order valence-electron chi connectivity index (χ3n) is 2.51. The number of hydrogen-bond donors (Lipinski definition) is 1. The average molecular weight is 286 g/mol.